The molecule has 0 amide bonds. The van der Waals surface area contributed by atoms with Crippen LogP contribution in [0.5, 0.6) is 0 Å². The van der Waals surface area contributed by atoms with Crippen LogP contribution in [-0.4, -0.2) is 49.5 Å². The molecule has 0 aromatic heterocycles. The largest absolute Gasteiger partial charge is 0.328 e. The molecule has 2 rings (SSSR count). The van der Waals surface area contributed by atoms with Crippen LogP contribution in [0.15, 0.2) is 0 Å². The van der Waals surface area contributed by atoms with Crippen molar-refractivity contribution in [3.05, 3.63) is 0 Å². The molecule has 2 aliphatic rings. The Bertz CT molecular complexity index is 342. The molecule has 0 bridgehead atoms. The molecule has 1 aliphatic heterocycles. The average Bonchev–Trinajstić information content (AvgIpc) is 2.75. The summed E-state index contributed by atoms with van der Waals surface area (Å²) in [6.07, 6.45) is 4.05. The van der Waals surface area contributed by atoms with E-state index in [2.05, 4.69) is 11.8 Å². The van der Waals surface area contributed by atoms with Gasteiger partial charge in [-0.05, 0) is 32.2 Å². The number of nitrogens with two attached hydrogens (primary N) is 1. The standard InChI is InChI=1S/C11H22N2O2S/c1-2-13(10-4-3-9(12)7-10)11-5-6-16(14,15)8-11/h9-11H,2-8,12H2,1H3. The molecule has 94 valence electrons. The molecule has 1 saturated heterocycles. The van der Waals surface area contributed by atoms with Gasteiger partial charge in [0.25, 0.3) is 0 Å². The van der Waals surface area contributed by atoms with E-state index in [9.17, 15) is 8.42 Å². The predicted molar refractivity (Wildman–Crippen MR) is 65.1 cm³/mol. The maximum atomic E-state index is 11.5. The van der Waals surface area contributed by atoms with E-state index in [0.717, 1.165) is 32.2 Å². The Morgan fingerprint density at radius 2 is 2.00 bits per heavy atom. The van der Waals surface area contributed by atoms with Crippen molar-refractivity contribution in [2.75, 3.05) is 18.1 Å². The summed E-state index contributed by atoms with van der Waals surface area (Å²) in [7, 11) is -2.77. The summed E-state index contributed by atoms with van der Waals surface area (Å²) >= 11 is 0. The van der Waals surface area contributed by atoms with E-state index in [-0.39, 0.29) is 6.04 Å². The van der Waals surface area contributed by atoms with Crippen LogP contribution in [-0.2, 0) is 9.84 Å². The van der Waals surface area contributed by atoms with Crippen molar-refractivity contribution in [1.29, 1.82) is 0 Å². The van der Waals surface area contributed by atoms with Crippen LogP contribution in [0, 0.1) is 0 Å². The van der Waals surface area contributed by atoms with Crippen LogP contribution in [0.1, 0.15) is 32.6 Å². The highest BCUT2D eigenvalue weighted by atomic mass is 32.2. The Hall–Kier alpha value is -0.130. The van der Waals surface area contributed by atoms with Crippen LogP contribution < -0.4 is 5.73 Å². The zero-order valence-corrected chi connectivity index (χ0v) is 10.7. The molecule has 5 heteroatoms. The molecule has 0 aromatic rings. The highest BCUT2D eigenvalue weighted by molar-refractivity contribution is 7.91. The maximum Gasteiger partial charge on any atom is 0.151 e. The normalized spacial score (nSPS) is 38.3. The monoisotopic (exact) mass is 246 g/mol. The quantitative estimate of drug-likeness (QED) is 0.782. The van der Waals surface area contributed by atoms with Crippen molar-refractivity contribution >= 4 is 9.84 Å². The lowest BCUT2D eigenvalue weighted by Crippen LogP contribution is -2.43. The second kappa shape index (κ2) is 4.63. The van der Waals surface area contributed by atoms with Crippen LogP contribution in [0.3, 0.4) is 0 Å². The topological polar surface area (TPSA) is 63.4 Å². The smallest absolute Gasteiger partial charge is 0.151 e. The highest BCUT2D eigenvalue weighted by Gasteiger charge is 2.36. The number of sulfone groups is 1. The minimum Gasteiger partial charge on any atom is -0.328 e. The van der Waals surface area contributed by atoms with Crippen molar-refractivity contribution in [3.8, 4) is 0 Å². The fourth-order valence-corrected chi connectivity index (χ4v) is 4.89. The summed E-state index contributed by atoms with van der Waals surface area (Å²) in [6, 6.07) is 1.07. The van der Waals surface area contributed by atoms with Gasteiger partial charge in [-0.1, -0.05) is 6.92 Å². The third-order valence-corrected chi connectivity index (χ3v) is 5.71. The molecule has 4 nitrogen and oxygen atoms in total. The lowest BCUT2D eigenvalue weighted by atomic mass is 10.1. The van der Waals surface area contributed by atoms with Gasteiger partial charge in [0.15, 0.2) is 9.84 Å². The second-order valence-electron chi connectivity index (χ2n) is 5.11. The van der Waals surface area contributed by atoms with Gasteiger partial charge in [-0.2, -0.15) is 0 Å². The predicted octanol–water partition coefficient (Wildman–Crippen LogP) is 0.375. The second-order valence-corrected chi connectivity index (χ2v) is 7.34. The first-order valence-corrected chi connectivity index (χ1v) is 8.05. The van der Waals surface area contributed by atoms with Gasteiger partial charge >= 0.3 is 0 Å². The summed E-state index contributed by atoms with van der Waals surface area (Å²) in [4.78, 5) is 2.37. The fraction of sp³-hybridized carbons (Fsp3) is 1.00. The Balaban J connectivity index is 2.00. The molecule has 1 saturated carbocycles. The first kappa shape index (κ1) is 12.3. The van der Waals surface area contributed by atoms with Crippen LogP contribution in [0.4, 0.5) is 0 Å². The SMILES string of the molecule is CCN(C1CCC(N)C1)C1CCS(=O)(=O)C1. The molecule has 0 spiro atoms. The minimum absolute atomic E-state index is 0.241. The maximum absolute atomic E-state index is 11.5. The van der Waals surface area contributed by atoms with Gasteiger partial charge in [0, 0.05) is 18.1 Å². The average molecular weight is 246 g/mol. The third-order valence-electron chi connectivity index (χ3n) is 3.96. The highest BCUT2D eigenvalue weighted by Crippen LogP contribution is 2.28. The van der Waals surface area contributed by atoms with Gasteiger partial charge in [-0.15, -0.1) is 0 Å². The van der Waals surface area contributed by atoms with Crippen LogP contribution >= 0.6 is 0 Å². The number of hydrogen-bond acceptors (Lipinski definition) is 4. The molecular formula is C11H22N2O2S. The number of hydrogen-bond donors (Lipinski definition) is 1. The first-order chi connectivity index (χ1) is 7.52. The molecular weight excluding hydrogens is 224 g/mol. The van der Waals surface area contributed by atoms with Crippen LogP contribution in [0.25, 0.3) is 0 Å². The number of nitrogens with zero attached hydrogens (tertiary/aromatic N) is 1. The van der Waals surface area contributed by atoms with Crippen molar-refractivity contribution in [2.24, 2.45) is 5.73 Å². The van der Waals surface area contributed by atoms with E-state index >= 15 is 0 Å². The molecule has 2 N–H and O–H groups in total. The van der Waals surface area contributed by atoms with Gasteiger partial charge in [0.05, 0.1) is 11.5 Å². The van der Waals surface area contributed by atoms with E-state index in [1.54, 1.807) is 0 Å². The summed E-state index contributed by atoms with van der Waals surface area (Å²) in [6.45, 7) is 3.06. The van der Waals surface area contributed by atoms with Gasteiger partial charge < -0.3 is 5.73 Å². The van der Waals surface area contributed by atoms with Crippen molar-refractivity contribution < 1.29 is 8.42 Å². The Morgan fingerprint density at radius 1 is 1.25 bits per heavy atom. The molecule has 16 heavy (non-hydrogen) atoms. The van der Waals surface area contributed by atoms with E-state index in [0.29, 0.717) is 23.6 Å². The molecule has 3 unspecified atom stereocenters. The lowest BCUT2D eigenvalue weighted by molar-refractivity contribution is 0.156. The zero-order valence-electron chi connectivity index (χ0n) is 9.93. The van der Waals surface area contributed by atoms with Gasteiger partial charge in [0.1, 0.15) is 0 Å². The number of rotatable bonds is 3. The van der Waals surface area contributed by atoms with E-state index in [4.69, 9.17) is 5.73 Å². The Kier molecular flexibility index (Phi) is 3.56. The van der Waals surface area contributed by atoms with Gasteiger partial charge in [0.2, 0.25) is 0 Å². The molecule has 1 aliphatic carbocycles. The van der Waals surface area contributed by atoms with Crippen molar-refractivity contribution in [2.45, 2.75) is 50.7 Å². The minimum atomic E-state index is -2.77. The van der Waals surface area contributed by atoms with Gasteiger partial charge in [-0.25, -0.2) is 8.42 Å². The summed E-state index contributed by atoms with van der Waals surface area (Å²) in [5.74, 6) is 0.722. The molecule has 3 atom stereocenters. The summed E-state index contributed by atoms with van der Waals surface area (Å²) in [5, 5.41) is 0. The Labute approximate surface area is 98.1 Å². The molecule has 1 heterocycles. The van der Waals surface area contributed by atoms with Crippen LogP contribution in [0.2, 0.25) is 0 Å². The lowest BCUT2D eigenvalue weighted by Gasteiger charge is -2.32. The summed E-state index contributed by atoms with van der Waals surface area (Å²) < 4.78 is 23.0. The fourth-order valence-electron chi connectivity index (χ4n) is 3.14. The Morgan fingerprint density at radius 3 is 2.44 bits per heavy atom. The molecule has 0 radical (unpaired) electrons. The third kappa shape index (κ3) is 2.57. The summed E-state index contributed by atoms with van der Waals surface area (Å²) in [5.41, 5.74) is 5.92. The van der Waals surface area contributed by atoms with Crippen molar-refractivity contribution in [1.82, 2.24) is 4.90 Å². The molecule has 2 fully saturated rings. The van der Waals surface area contributed by atoms with Gasteiger partial charge in [-0.3, -0.25) is 4.90 Å². The molecule has 0 aromatic carbocycles. The van der Waals surface area contributed by atoms with E-state index in [1.807, 2.05) is 0 Å². The zero-order chi connectivity index (χ0) is 11.8. The van der Waals surface area contributed by atoms with Crippen molar-refractivity contribution in [3.63, 3.8) is 0 Å². The first-order valence-electron chi connectivity index (χ1n) is 6.23. The van der Waals surface area contributed by atoms with E-state index < -0.39 is 9.84 Å². The van der Waals surface area contributed by atoms with E-state index in [1.165, 1.54) is 0 Å².